The standard InChI is InChI=1S/C14H23NO2/c1-11-5-4-6-12(2)13(11)17-8-7-14(3,9-15)10-16/h4-6,16H,7-10,15H2,1-3H3. The fourth-order valence-electron chi connectivity index (χ4n) is 1.67. The zero-order valence-electron chi connectivity index (χ0n) is 11.0. The minimum atomic E-state index is -0.239. The summed E-state index contributed by atoms with van der Waals surface area (Å²) in [5.41, 5.74) is 7.69. The molecule has 0 spiro atoms. The minimum Gasteiger partial charge on any atom is -0.493 e. The van der Waals surface area contributed by atoms with Gasteiger partial charge in [-0.2, -0.15) is 0 Å². The van der Waals surface area contributed by atoms with Crippen molar-refractivity contribution in [3.8, 4) is 5.75 Å². The van der Waals surface area contributed by atoms with Crippen LogP contribution in [-0.2, 0) is 0 Å². The zero-order chi connectivity index (χ0) is 12.9. The van der Waals surface area contributed by atoms with E-state index in [2.05, 4.69) is 0 Å². The first-order chi connectivity index (χ1) is 8.02. The Bertz CT molecular complexity index is 339. The van der Waals surface area contributed by atoms with E-state index in [-0.39, 0.29) is 12.0 Å². The number of aliphatic hydroxyl groups excluding tert-OH is 1. The summed E-state index contributed by atoms with van der Waals surface area (Å²) in [6, 6.07) is 6.10. The number of hydrogen-bond donors (Lipinski definition) is 2. The Kier molecular flexibility index (Phi) is 4.97. The zero-order valence-corrected chi connectivity index (χ0v) is 11.0. The number of para-hydroxylation sites is 1. The van der Waals surface area contributed by atoms with Crippen LogP contribution in [0.5, 0.6) is 5.75 Å². The highest BCUT2D eigenvalue weighted by molar-refractivity contribution is 5.39. The summed E-state index contributed by atoms with van der Waals surface area (Å²) in [7, 11) is 0. The molecule has 3 heteroatoms. The fourth-order valence-corrected chi connectivity index (χ4v) is 1.67. The van der Waals surface area contributed by atoms with Gasteiger partial charge in [-0.05, 0) is 31.4 Å². The fraction of sp³-hybridized carbons (Fsp3) is 0.571. The average Bonchev–Trinajstić information content (AvgIpc) is 2.32. The summed E-state index contributed by atoms with van der Waals surface area (Å²) >= 11 is 0. The van der Waals surface area contributed by atoms with Crippen LogP contribution in [-0.4, -0.2) is 24.9 Å². The number of nitrogens with two attached hydrogens (primary N) is 1. The lowest BCUT2D eigenvalue weighted by Crippen LogP contribution is -2.32. The molecule has 0 bridgehead atoms. The van der Waals surface area contributed by atoms with E-state index in [1.807, 2.05) is 39.0 Å². The maximum Gasteiger partial charge on any atom is 0.125 e. The summed E-state index contributed by atoms with van der Waals surface area (Å²) in [5.74, 6) is 0.949. The van der Waals surface area contributed by atoms with Crippen LogP contribution in [0.4, 0.5) is 0 Å². The number of hydrogen-bond acceptors (Lipinski definition) is 3. The Morgan fingerprint density at radius 3 is 2.35 bits per heavy atom. The van der Waals surface area contributed by atoms with Crippen molar-refractivity contribution < 1.29 is 9.84 Å². The Morgan fingerprint density at radius 1 is 1.29 bits per heavy atom. The van der Waals surface area contributed by atoms with Crippen LogP contribution in [0.15, 0.2) is 18.2 Å². The minimum absolute atomic E-state index is 0.0968. The average molecular weight is 237 g/mol. The second-order valence-electron chi connectivity index (χ2n) is 4.99. The van der Waals surface area contributed by atoms with E-state index in [9.17, 15) is 5.11 Å². The van der Waals surface area contributed by atoms with Gasteiger partial charge in [0, 0.05) is 18.6 Å². The lowest BCUT2D eigenvalue weighted by Gasteiger charge is -2.25. The molecule has 0 fully saturated rings. The smallest absolute Gasteiger partial charge is 0.125 e. The molecule has 0 aliphatic carbocycles. The van der Waals surface area contributed by atoms with Gasteiger partial charge in [-0.3, -0.25) is 0 Å². The number of ether oxygens (including phenoxy) is 1. The molecule has 3 nitrogen and oxygen atoms in total. The van der Waals surface area contributed by atoms with E-state index in [0.29, 0.717) is 13.2 Å². The van der Waals surface area contributed by atoms with Gasteiger partial charge in [-0.15, -0.1) is 0 Å². The van der Waals surface area contributed by atoms with Crippen molar-refractivity contribution in [1.29, 1.82) is 0 Å². The van der Waals surface area contributed by atoms with Crippen molar-refractivity contribution in [3.05, 3.63) is 29.3 Å². The maximum absolute atomic E-state index is 9.26. The van der Waals surface area contributed by atoms with Crippen LogP contribution >= 0.6 is 0 Å². The Balaban J connectivity index is 2.57. The second-order valence-corrected chi connectivity index (χ2v) is 4.99. The SMILES string of the molecule is Cc1cccc(C)c1OCCC(C)(CN)CO. The van der Waals surface area contributed by atoms with Crippen molar-refractivity contribution in [2.45, 2.75) is 27.2 Å². The molecule has 0 saturated carbocycles. The summed E-state index contributed by atoms with van der Waals surface area (Å²) in [5, 5.41) is 9.26. The van der Waals surface area contributed by atoms with Gasteiger partial charge in [0.15, 0.2) is 0 Å². The van der Waals surface area contributed by atoms with Gasteiger partial charge in [-0.25, -0.2) is 0 Å². The Labute approximate surface area is 104 Å². The van der Waals surface area contributed by atoms with Gasteiger partial charge < -0.3 is 15.6 Å². The van der Waals surface area contributed by atoms with Crippen molar-refractivity contribution in [2.75, 3.05) is 19.8 Å². The molecule has 0 saturated heterocycles. The summed E-state index contributed by atoms with van der Waals surface area (Å²) < 4.78 is 5.80. The molecule has 0 aliphatic heterocycles. The first-order valence-corrected chi connectivity index (χ1v) is 6.02. The molecule has 1 rings (SSSR count). The van der Waals surface area contributed by atoms with E-state index in [1.54, 1.807) is 0 Å². The quantitative estimate of drug-likeness (QED) is 0.796. The van der Waals surface area contributed by atoms with Crippen molar-refractivity contribution >= 4 is 0 Å². The van der Waals surface area contributed by atoms with E-state index < -0.39 is 0 Å². The summed E-state index contributed by atoms with van der Waals surface area (Å²) in [6.45, 7) is 7.20. The third-order valence-electron chi connectivity index (χ3n) is 3.24. The third kappa shape index (κ3) is 3.72. The monoisotopic (exact) mass is 237 g/mol. The number of aliphatic hydroxyl groups is 1. The molecule has 96 valence electrons. The molecule has 1 atom stereocenters. The van der Waals surface area contributed by atoms with Crippen LogP contribution in [0.1, 0.15) is 24.5 Å². The van der Waals surface area contributed by atoms with Gasteiger partial charge in [0.1, 0.15) is 5.75 Å². The summed E-state index contributed by atoms with van der Waals surface area (Å²) in [4.78, 5) is 0. The van der Waals surface area contributed by atoms with E-state index in [4.69, 9.17) is 10.5 Å². The second kappa shape index (κ2) is 6.03. The molecule has 1 unspecified atom stereocenters. The maximum atomic E-state index is 9.26. The Morgan fingerprint density at radius 2 is 1.88 bits per heavy atom. The van der Waals surface area contributed by atoms with E-state index in [0.717, 1.165) is 23.3 Å². The number of rotatable bonds is 6. The first-order valence-electron chi connectivity index (χ1n) is 6.02. The highest BCUT2D eigenvalue weighted by atomic mass is 16.5. The molecular formula is C14H23NO2. The van der Waals surface area contributed by atoms with Crippen molar-refractivity contribution in [3.63, 3.8) is 0 Å². The number of aryl methyl sites for hydroxylation is 2. The molecule has 17 heavy (non-hydrogen) atoms. The largest absolute Gasteiger partial charge is 0.493 e. The molecule has 1 aromatic rings. The molecule has 0 heterocycles. The normalized spacial score (nSPS) is 14.4. The van der Waals surface area contributed by atoms with Crippen LogP contribution in [0.3, 0.4) is 0 Å². The first kappa shape index (κ1) is 14.0. The predicted molar refractivity (Wildman–Crippen MR) is 70.3 cm³/mol. The van der Waals surface area contributed by atoms with Crippen LogP contribution in [0.25, 0.3) is 0 Å². The number of benzene rings is 1. The Hall–Kier alpha value is -1.06. The van der Waals surface area contributed by atoms with Crippen molar-refractivity contribution in [2.24, 2.45) is 11.1 Å². The molecule has 0 amide bonds. The van der Waals surface area contributed by atoms with E-state index in [1.165, 1.54) is 0 Å². The molecule has 3 N–H and O–H groups in total. The molecule has 0 aromatic heterocycles. The van der Waals surface area contributed by atoms with Gasteiger partial charge in [0.25, 0.3) is 0 Å². The van der Waals surface area contributed by atoms with Crippen LogP contribution in [0.2, 0.25) is 0 Å². The summed E-state index contributed by atoms with van der Waals surface area (Å²) in [6.07, 6.45) is 0.758. The molecular weight excluding hydrogens is 214 g/mol. The molecule has 0 radical (unpaired) electrons. The van der Waals surface area contributed by atoms with Crippen LogP contribution < -0.4 is 10.5 Å². The van der Waals surface area contributed by atoms with Gasteiger partial charge in [0.2, 0.25) is 0 Å². The predicted octanol–water partition coefficient (Wildman–Crippen LogP) is 2.03. The van der Waals surface area contributed by atoms with E-state index >= 15 is 0 Å². The van der Waals surface area contributed by atoms with Gasteiger partial charge in [0.05, 0.1) is 6.61 Å². The third-order valence-corrected chi connectivity index (χ3v) is 3.24. The van der Waals surface area contributed by atoms with Crippen molar-refractivity contribution in [1.82, 2.24) is 0 Å². The topological polar surface area (TPSA) is 55.5 Å². The lowest BCUT2D eigenvalue weighted by atomic mass is 9.88. The van der Waals surface area contributed by atoms with Gasteiger partial charge in [-0.1, -0.05) is 25.1 Å². The van der Waals surface area contributed by atoms with Gasteiger partial charge >= 0.3 is 0 Å². The highest BCUT2D eigenvalue weighted by Crippen LogP contribution is 2.24. The van der Waals surface area contributed by atoms with Crippen LogP contribution in [0, 0.1) is 19.3 Å². The molecule has 0 aliphatic rings. The lowest BCUT2D eigenvalue weighted by molar-refractivity contribution is 0.118. The molecule has 1 aromatic carbocycles. The highest BCUT2D eigenvalue weighted by Gasteiger charge is 2.21.